The first-order chi connectivity index (χ1) is 11.1. The minimum atomic E-state index is -0.328. The second kappa shape index (κ2) is 6.50. The Labute approximate surface area is 134 Å². The summed E-state index contributed by atoms with van der Waals surface area (Å²) in [5.74, 6) is -0.833. The van der Waals surface area contributed by atoms with Crippen LogP contribution in [-0.4, -0.2) is 47.9 Å². The Bertz CT molecular complexity index is 602. The van der Waals surface area contributed by atoms with Crippen LogP contribution < -0.4 is 5.32 Å². The zero-order valence-corrected chi connectivity index (χ0v) is 13.1. The van der Waals surface area contributed by atoms with Gasteiger partial charge >= 0.3 is 0 Å². The number of ether oxygens (including phenoxy) is 1. The maximum atomic E-state index is 12.2. The van der Waals surface area contributed by atoms with Crippen molar-refractivity contribution in [2.45, 2.75) is 38.3 Å². The number of hydrogen-bond donors (Lipinski definition) is 1. The van der Waals surface area contributed by atoms with Gasteiger partial charge in [-0.3, -0.25) is 19.3 Å². The van der Waals surface area contributed by atoms with Gasteiger partial charge < -0.3 is 10.1 Å². The van der Waals surface area contributed by atoms with Crippen LogP contribution in [0.3, 0.4) is 0 Å². The molecule has 2 atom stereocenters. The lowest BCUT2D eigenvalue weighted by atomic mass is 10.1. The predicted octanol–water partition coefficient (Wildman–Crippen LogP) is 1.36. The lowest BCUT2D eigenvalue weighted by molar-refractivity contribution is -0.122. The summed E-state index contributed by atoms with van der Waals surface area (Å²) >= 11 is 0. The van der Waals surface area contributed by atoms with Crippen molar-refractivity contribution in [3.05, 3.63) is 35.4 Å². The maximum absolute atomic E-state index is 12.2. The molecular weight excluding hydrogens is 296 g/mol. The van der Waals surface area contributed by atoms with Crippen molar-refractivity contribution in [2.75, 3.05) is 13.2 Å². The smallest absolute Gasteiger partial charge is 0.261 e. The second-order valence-electron chi connectivity index (χ2n) is 5.97. The van der Waals surface area contributed by atoms with Crippen molar-refractivity contribution >= 4 is 17.7 Å². The van der Waals surface area contributed by atoms with Crippen LogP contribution in [0.5, 0.6) is 0 Å². The van der Waals surface area contributed by atoms with E-state index in [2.05, 4.69) is 5.32 Å². The Kier molecular flexibility index (Phi) is 4.43. The first-order valence-corrected chi connectivity index (χ1v) is 7.94. The molecule has 0 saturated carbocycles. The Morgan fingerprint density at radius 2 is 1.96 bits per heavy atom. The number of fused-ring (bicyclic) bond motifs is 1. The summed E-state index contributed by atoms with van der Waals surface area (Å²) in [7, 11) is 0. The van der Waals surface area contributed by atoms with Crippen LogP contribution in [0.4, 0.5) is 0 Å². The molecule has 1 N–H and O–H groups in total. The number of nitrogens with one attached hydrogen (secondary N) is 1. The molecule has 1 aromatic carbocycles. The molecule has 0 aromatic heterocycles. The van der Waals surface area contributed by atoms with E-state index >= 15 is 0 Å². The van der Waals surface area contributed by atoms with Gasteiger partial charge in [-0.1, -0.05) is 12.1 Å². The summed E-state index contributed by atoms with van der Waals surface area (Å²) in [6.45, 7) is 2.74. The Morgan fingerprint density at radius 3 is 2.52 bits per heavy atom. The normalized spacial score (nSPS) is 21.4. The first kappa shape index (κ1) is 15.7. The minimum Gasteiger partial charge on any atom is -0.376 e. The van der Waals surface area contributed by atoms with Crippen LogP contribution in [0, 0.1) is 0 Å². The van der Waals surface area contributed by atoms with Crippen molar-refractivity contribution in [3.63, 3.8) is 0 Å². The maximum Gasteiger partial charge on any atom is 0.261 e. The average molecular weight is 316 g/mol. The molecule has 23 heavy (non-hydrogen) atoms. The molecule has 2 heterocycles. The van der Waals surface area contributed by atoms with E-state index < -0.39 is 0 Å². The highest BCUT2D eigenvalue weighted by atomic mass is 16.5. The number of imide groups is 1. The van der Waals surface area contributed by atoms with Crippen LogP contribution in [0.15, 0.2) is 24.3 Å². The average Bonchev–Trinajstić information content (AvgIpc) is 3.15. The van der Waals surface area contributed by atoms with E-state index in [0.717, 1.165) is 24.3 Å². The standard InChI is InChI=1S/C17H20N2O4/c1-11(14-7-4-10-23-14)18-15(20)8-9-19-16(21)12-5-2-3-6-13(12)17(19)22/h2-3,5-6,11,14H,4,7-10H2,1H3,(H,18,20)/t11-,14-/m1/s1. The molecule has 0 bridgehead atoms. The fraction of sp³-hybridized carbons (Fsp3) is 0.471. The molecule has 2 aliphatic rings. The molecule has 6 nitrogen and oxygen atoms in total. The van der Waals surface area contributed by atoms with E-state index in [1.807, 2.05) is 6.92 Å². The number of carbonyl (C=O) groups is 3. The molecular formula is C17H20N2O4. The van der Waals surface area contributed by atoms with Gasteiger partial charge in [0.2, 0.25) is 5.91 Å². The van der Waals surface area contributed by atoms with E-state index in [-0.39, 0.29) is 42.8 Å². The van der Waals surface area contributed by atoms with Crippen molar-refractivity contribution in [1.29, 1.82) is 0 Å². The number of benzene rings is 1. The molecule has 3 amide bonds. The van der Waals surface area contributed by atoms with Gasteiger partial charge in [0.1, 0.15) is 0 Å². The SMILES string of the molecule is C[C@@H](NC(=O)CCN1C(=O)c2ccccc2C1=O)[C@H]1CCCO1. The van der Waals surface area contributed by atoms with Crippen LogP contribution in [0.2, 0.25) is 0 Å². The third kappa shape index (κ3) is 3.12. The largest absolute Gasteiger partial charge is 0.376 e. The zero-order chi connectivity index (χ0) is 16.4. The number of amides is 3. The third-order valence-corrected chi connectivity index (χ3v) is 4.35. The van der Waals surface area contributed by atoms with Crippen LogP contribution in [-0.2, 0) is 9.53 Å². The van der Waals surface area contributed by atoms with Gasteiger partial charge in [-0.2, -0.15) is 0 Å². The van der Waals surface area contributed by atoms with Gasteiger partial charge in [0.05, 0.1) is 23.3 Å². The zero-order valence-electron chi connectivity index (χ0n) is 13.1. The molecule has 6 heteroatoms. The number of nitrogens with zero attached hydrogens (tertiary/aromatic N) is 1. The second-order valence-corrected chi connectivity index (χ2v) is 5.97. The molecule has 3 rings (SSSR count). The van der Waals surface area contributed by atoms with Gasteiger partial charge in [-0.15, -0.1) is 0 Å². The lowest BCUT2D eigenvalue weighted by Crippen LogP contribution is -2.42. The van der Waals surface area contributed by atoms with E-state index in [0.29, 0.717) is 11.1 Å². The van der Waals surface area contributed by atoms with Crippen LogP contribution >= 0.6 is 0 Å². The minimum absolute atomic E-state index is 0.0539. The number of carbonyl (C=O) groups excluding carboxylic acids is 3. The molecule has 1 fully saturated rings. The van der Waals surface area contributed by atoms with E-state index in [9.17, 15) is 14.4 Å². The van der Waals surface area contributed by atoms with Crippen molar-refractivity contribution in [3.8, 4) is 0 Å². The fourth-order valence-corrected chi connectivity index (χ4v) is 3.07. The lowest BCUT2D eigenvalue weighted by Gasteiger charge is -2.20. The number of rotatable bonds is 5. The predicted molar refractivity (Wildman–Crippen MR) is 83.0 cm³/mol. The quantitative estimate of drug-likeness (QED) is 0.832. The summed E-state index contributed by atoms with van der Waals surface area (Å²) < 4.78 is 5.54. The summed E-state index contributed by atoms with van der Waals surface area (Å²) in [4.78, 5) is 37.6. The van der Waals surface area contributed by atoms with Gasteiger partial charge in [0, 0.05) is 19.6 Å². The molecule has 2 aliphatic heterocycles. The molecule has 0 spiro atoms. The van der Waals surface area contributed by atoms with Crippen LogP contribution in [0.1, 0.15) is 46.9 Å². The van der Waals surface area contributed by atoms with Crippen LogP contribution in [0.25, 0.3) is 0 Å². The van der Waals surface area contributed by atoms with Gasteiger partial charge in [0.15, 0.2) is 0 Å². The van der Waals surface area contributed by atoms with Crippen molar-refractivity contribution in [1.82, 2.24) is 10.2 Å². The monoisotopic (exact) mass is 316 g/mol. The third-order valence-electron chi connectivity index (χ3n) is 4.35. The summed E-state index contributed by atoms with van der Waals surface area (Å²) in [5, 5.41) is 2.88. The van der Waals surface area contributed by atoms with Crippen molar-refractivity contribution < 1.29 is 19.1 Å². The highest BCUT2D eigenvalue weighted by Crippen LogP contribution is 2.22. The molecule has 0 radical (unpaired) electrons. The van der Waals surface area contributed by atoms with Crippen molar-refractivity contribution in [2.24, 2.45) is 0 Å². The highest BCUT2D eigenvalue weighted by molar-refractivity contribution is 6.21. The number of hydrogen-bond acceptors (Lipinski definition) is 4. The van der Waals surface area contributed by atoms with Gasteiger partial charge in [0.25, 0.3) is 11.8 Å². The Morgan fingerprint density at radius 1 is 1.30 bits per heavy atom. The molecule has 0 aliphatic carbocycles. The summed E-state index contributed by atoms with van der Waals surface area (Å²) in [5.41, 5.74) is 0.816. The fourth-order valence-electron chi connectivity index (χ4n) is 3.07. The topological polar surface area (TPSA) is 75.7 Å². The van der Waals surface area contributed by atoms with E-state index in [4.69, 9.17) is 4.74 Å². The summed E-state index contributed by atoms with van der Waals surface area (Å²) in [6, 6.07) is 6.66. The Balaban J connectivity index is 1.53. The molecule has 1 aromatic rings. The van der Waals surface area contributed by atoms with E-state index in [1.54, 1.807) is 24.3 Å². The summed E-state index contributed by atoms with van der Waals surface area (Å²) in [6.07, 6.45) is 2.11. The molecule has 0 unspecified atom stereocenters. The molecule has 122 valence electrons. The highest BCUT2D eigenvalue weighted by Gasteiger charge is 2.35. The van der Waals surface area contributed by atoms with Gasteiger partial charge in [-0.05, 0) is 31.9 Å². The first-order valence-electron chi connectivity index (χ1n) is 7.94. The van der Waals surface area contributed by atoms with E-state index in [1.165, 1.54) is 0 Å². The van der Waals surface area contributed by atoms with Gasteiger partial charge in [-0.25, -0.2) is 0 Å². The Hall–Kier alpha value is -2.21. The molecule has 1 saturated heterocycles.